The predicted molar refractivity (Wildman–Crippen MR) is 103 cm³/mol. The first-order valence-corrected chi connectivity index (χ1v) is 8.15. The molecule has 1 N–H and O–H groups in total. The standard InChI is InChI=1S/C21H16FN3O/c1-26-21-9-6-14-4-2-3-5-16(14)18(21)13-24-25-20-10-11-23-19-8-7-15(22)12-17(19)20/h2-13H,1H3,(H,23,25)/b24-13+. The molecule has 26 heavy (non-hydrogen) atoms. The topological polar surface area (TPSA) is 46.5 Å². The van der Waals surface area contributed by atoms with Crippen LogP contribution in [0.25, 0.3) is 21.7 Å². The number of nitrogens with one attached hydrogen (secondary N) is 1. The highest BCUT2D eigenvalue weighted by Gasteiger charge is 2.06. The largest absolute Gasteiger partial charge is 0.496 e. The normalized spacial score (nSPS) is 11.3. The quantitative estimate of drug-likeness (QED) is 0.419. The number of fused-ring (bicyclic) bond motifs is 2. The van der Waals surface area contributed by atoms with Crippen LogP contribution in [-0.2, 0) is 0 Å². The summed E-state index contributed by atoms with van der Waals surface area (Å²) in [4.78, 5) is 4.24. The van der Waals surface area contributed by atoms with E-state index in [2.05, 4.69) is 15.5 Å². The zero-order valence-corrected chi connectivity index (χ0v) is 14.1. The molecular formula is C21H16FN3O. The third-order valence-electron chi connectivity index (χ3n) is 4.23. The summed E-state index contributed by atoms with van der Waals surface area (Å²) in [5.74, 6) is 0.424. The van der Waals surface area contributed by atoms with Crippen molar-refractivity contribution in [3.63, 3.8) is 0 Å². The first-order chi connectivity index (χ1) is 12.8. The first kappa shape index (κ1) is 16.0. The minimum Gasteiger partial charge on any atom is -0.496 e. The zero-order chi connectivity index (χ0) is 17.9. The fourth-order valence-corrected chi connectivity index (χ4v) is 2.97. The summed E-state index contributed by atoms with van der Waals surface area (Å²) in [7, 11) is 1.63. The lowest BCUT2D eigenvalue weighted by Gasteiger charge is -2.09. The highest BCUT2D eigenvalue weighted by atomic mass is 19.1. The summed E-state index contributed by atoms with van der Waals surface area (Å²) >= 11 is 0. The number of methoxy groups -OCH3 is 1. The van der Waals surface area contributed by atoms with Crippen molar-refractivity contribution >= 4 is 33.6 Å². The predicted octanol–water partition coefficient (Wildman–Crippen LogP) is 4.98. The molecule has 4 rings (SSSR count). The lowest BCUT2D eigenvalue weighted by Crippen LogP contribution is -1.96. The highest BCUT2D eigenvalue weighted by Crippen LogP contribution is 2.27. The fraction of sp³-hybridized carbons (Fsp3) is 0.0476. The van der Waals surface area contributed by atoms with Crippen molar-refractivity contribution in [1.82, 2.24) is 4.98 Å². The summed E-state index contributed by atoms with van der Waals surface area (Å²) in [5, 5.41) is 7.17. The van der Waals surface area contributed by atoms with Gasteiger partial charge in [0.05, 0.1) is 24.5 Å². The molecule has 0 amide bonds. The molecule has 0 radical (unpaired) electrons. The molecule has 0 aliphatic carbocycles. The number of hydrazone groups is 1. The van der Waals surface area contributed by atoms with Crippen LogP contribution in [-0.4, -0.2) is 18.3 Å². The van der Waals surface area contributed by atoms with Gasteiger partial charge in [0.1, 0.15) is 11.6 Å². The molecule has 0 saturated heterocycles. The Hall–Kier alpha value is -3.47. The van der Waals surface area contributed by atoms with Crippen molar-refractivity contribution in [3.05, 3.63) is 78.2 Å². The van der Waals surface area contributed by atoms with E-state index < -0.39 is 0 Å². The molecular weight excluding hydrogens is 329 g/mol. The van der Waals surface area contributed by atoms with E-state index >= 15 is 0 Å². The number of pyridine rings is 1. The third kappa shape index (κ3) is 2.95. The average molecular weight is 345 g/mol. The van der Waals surface area contributed by atoms with Crippen molar-refractivity contribution < 1.29 is 9.13 Å². The molecule has 0 bridgehead atoms. The van der Waals surface area contributed by atoms with Crippen molar-refractivity contribution in [2.24, 2.45) is 5.10 Å². The van der Waals surface area contributed by atoms with Gasteiger partial charge in [-0.1, -0.05) is 30.3 Å². The molecule has 1 heterocycles. The Labute approximate surface area is 149 Å². The van der Waals surface area contributed by atoms with Crippen molar-refractivity contribution in [2.75, 3.05) is 12.5 Å². The van der Waals surface area contributed by atoms with Crippen LogP contribution < -0.4 is 10.2 Å². The summed E-state index contributed by atoms with van der Waals surface area (Å²) in [6, 6.07) is 18.2. The number of rotatable bonds is 4. The summed E-state index contributed by atoms with van der Waals surface area (Å²) in [5.41, 5.74) is 5.25. The van der Waals surface area contributed by atoms with Crippen LogP contribution in [0.3, 0.4) is 0 Å². The van der Waals surface area contributed by atoms with Crippen LogP contribution in [0.5, 0.6) is 5.75 Å². The summed E-state index contributed by atoms with van der Waals surface area (Å²) in [6.45, 7) is 0. The molecule has 3 aromatic carbocycles. The fourth-order valence-electron chi connectivity index (χ4n) is 2.97. The molecule has 0 atom stereocenters. The van der Waals surface area contributed by atoms with Crippen LogP contribution in [0, 0.1) is 5.82 Å². The van der Waals surface area contributed by atoms with Gasteiger partial charge in [-0.25, -0.2) is 4.39 Å². The van der Waals surface area contributed by atoms with Crippen LogP contribution in [0.4, 0.5) is 10.1 Å². The Balaban J connectivity index is 1.72. The number of nitrogens with zero attached hydrogens (tertiary/aromatic N) is 2. The minimum absolute atomic E-state index is 0.312. The maximum Gasteiger partial charge on any atom is 0.128 e. The molecule has 4 nitrogen and oxygen atoms in total. The lowest BCUT2D eigenvalue weighted by atomic mass is 10.0. The van der Waals surface area contributed by atoms with Crippen LogP contribution in [0.2, 0.25) is 0 Å². The van der Waals surface area contributed by atoms with E-state index in [4.69, 9.17) is 4.74 Å². The zero-order valence-electron chi connectivity index (χ0n) is 14.1. The second-order valence-electron chi connectivity index (χ2n) is 5.79. The van der Waals surface area contributed by atoms with Gasteiger partial charge in [-0.15, -0.1) is 0 Å². The van der Waals surface area contributed by atoms with Gasteiger partial charge in [-0.2, -0.15) is 5.10 Å². The van der Waals surface area contributed by atoms with E-state index in [0.717, 1.165) is 22.1 Å². The molecule has 128 valence electrons. The van der Waals surface area contributed by atoms with E-state index in [9.17, 15) is 4.39 Å². The number of hydrogen-bond acceptors (Lipinski definition) is 4. The van der Waals surface area contributed by atoms with Crippen LogP contribution in [0.1, 0.15) is 5.56 Å². The van der Waals surface area contributed by atoms with Crippen molar-refractivity contribution in [2.45, 2.75) is 0 Å². The number of hydrogen-bond donors (Lipinski definition) is 1. The Bertz CT molecular complexity index is 1120. The van der Waals surface area contributed by atoms with Crippen LogP contribution >= 0.6 is 0 Å². The Morgan fingerprint density at radius 2 is 1.92 bits per heavy atom. The Morgan fingerprint density at radius 3 is 2.81 bits per heavy atom. The van der Waals surface area contributed by atoms with Gasteiger partial charge in [-0.3, -0.25) is 10.4 Å². The molecule has 1 aromatic heterocycles. The van der Waals surface area contributed by atoms with E-state index in [1.165, 1.54) is 12.1 Å². The number of aromatic nitrogens is 1. The molecule has 5 heteroatoms. The van der Waals surface area contributed by atoms with Gasteiger partial charge < -0.3 is 4.74 Å². The maximum atomic E-state index is 13.6. The smallest absolute Gasteiger partial charge is 0.128 e. The molecule has 0 fully saturated rings. The molecule has 0 aliphatic heterocycles. The monoisotopic (exact) mass is 345 g/mol. The Morgan fingerprint density at radius 1 is 1.04 bits per heavy atom. The maximum absolute atomic E-state index is 13.6. The molecule has 0 aliphatic rings. The summed E-state index contributed by atoms with van der Waals surface area (Å²) in [6.07, 6.45) is 3.38. The molecule has 0 unspecified atom stereocenters. The van der Waals surface area contributed by atoms with Crippen molar-refractivity contribution in [1.29, 1.82) is 0 Å². The SMILES string of the molecule is COc1ccc2ccccc2c1/C=N/Nc1ccnc2ccc(F)cc12. The van der Waals surface area contributed by atoms with Gasteiger partial charge in [0, 0.05) is 17.1 Å². The van der Waals surface area contributed by atoms with Crippen molar-refractivity contribution in [3.8, 4) is 5.75 Å². The lowest BCUT2D eigenvalue weighted by molar-refractivity contribution is 0.415. The molecule has 4 aromatic rings. The second-order valence-corrected chi connectivity index (χ2v) is 5.79. The number of anilines is 1. The minimum atomic E-state index is -0.312. The van der Waals surface area contributed by atoms with Gasteiger partial charge in [-0.05, 0) is 41.1 Å². The molecule has 0 saturated carbocycles. The van der Waals surface area contributed by atoms with E-state index in [1.54, 1.807) is 31.7 Å². The number of ether oxygens (including phenoxy) is 1. The van der Waals surface area contributed by atoms with E-state index in [1.807, 2.05) is 36.4 Å². The van der Waals surface area contributed by atoms with Gasteiger partial charge in [0.25, 0.3) is 0 Å². The highest BCUT2D eigenvalue weighted by molar-refractivity contribution is 6.03. The van der Waals surface area contributed by atoms with Gasteiger partial charge in [0.2, 0.25) is 0 Å². The number of halogens is 1. The van der Waals surface area contributed by atoms with E-state index in [0.29, 0.717) is 16.6 Å². The van der Waals surface area contributed by atoms with Crippen LogP contribution in [0.15, 0.2) is 72.0 Å². The van der Waals surface area contributed by atoms with Gasteiger partial charge >= 0.3 is 0 Å². The third-order valence-corrected chi connectivity index (χ3v) is 4.23. The second kappa shape index (κ2) is 6.80. The van der Waals surface area contributed by atoms with Gasteiger partial charge in [0.15, 0.2) is 0 Å². The summed E-state index contributed by atoms with van der Waals surface area (Å²) < 4.78 is 19.0. The molecule has 0 spiro atoms. The number of benzene rings is 3. The Kier molecular flexibility index (Phi) is 4.19. The van der Waals surface area contributed by atoms with E-state index in [-0.39, 0.29) is 5.82 Å². The average Bonchev–Trinajstić information content (AvgIpc) is 2.68. The first-order valence-electron chi connectivity index (χ1n) is 8.15.